The average molecular weight is 190 g/mol. The van der Waals surface area contributed by atoms with E-state index in [0.29, 0.717) is 0 Å². The van der Waals surface area contributed by atoms with E-state index in [-0.39, 0.29) is 5.70 Å². The largest absolute Gasteiger partial charge is 0.465 e. The Balaban J connectivity index is 3.23. The van der Waals surface area contributed by atoms with Crippen LogP contribution in [0.3, 0.4) is 0 Å². The molecule has 1 rings (SSSR count). The van der Waals surface area contributed by atoms with Gasteiger partial charge >= 0.3 is 5.97 Å². The number of hydrogen-bond acceptors (Lipinski definition) is 5. The van der Waals surface area contributed by atoms with Crippen molar-refractivity contribution in [3.8, 4) is 0 Å². The summed E-state index contributed by atoms with van der Waals surface area (Å²) in [5.74, 6) is -0.995. The number of carbonyl (C=O) groups excluding carboxylic acids is 1. The van der Waals surface area contributed by atoms with Crippen LogP contribution in [0, 0.1) is 0 Å². The Kier molecular flexibility index (Phi) is 1.89. The van der Waals surface area contributed by atoms with Crippen molar-refractivity contribution >= 4 is 22.2 Å². The molecule has 0 aromatic heterocycles. The van der Waals surface area contributed by atoms with Crippen LogP contribution in [-0.4, -0.2) is 27.7 Å². The van der Waals surface area contributed by atoms with Crippen LogP contribution < -0.4 is 5.73 Å². The zero-order valence-electron chi connectivity index (χ0n) is 6.14. The second-order valence-electron chi connectivity index (χ2n) is 1.99. The third-order valence-electron chi connectivity index (χ3n) is 1.22. The molecule has 0 bridgehead atoms. The highest BCUT2D eigenvalue weighted by molar-refractivity contribution is 7.95. The number of rotatable bonds is 1. The van der Waals surface area contributed by atoms with E-state index in [9.17, 15) is 13.2 Å². The smallest absolute Gasteiger partial charge is 0.353 e. The summed E-state index contributed by atoms with van der Waals surface area (Å²) in [4.78, 5) is 10.2. The number of methoxy groups -OCH3 is 1. The Labute approximate surface area is 68.8 Å². The summed E-state index contributed by atoms with van der Waals surface area (Å²) in [5.41, 5.74) is 4.99. The van der Waals surface area contributed by atoms with Gasteiger partial charge in [0.15, 0.2) is 4.91 Å². The molecule has 0 saturated carbocycles. The monoisotopic (exact) mass is 190 g/mol. The number of hydrogen-bond donors (Lipinski definition) is 1. The minimum absolute atomic E-state index is 0.193. The van der Waals surface area contributed by atoms with E-state index in [1.54, 1.807) is 0 Å². The highest BCUT2D eigenvalue weighted by Crippen LogP contribution is 2.17. The molecule has 12 heavy (non-hydrogen) atoms. The molecule has 6 nitrogen and oxygen atoms in total. The first kappa shape index (κ1) is 8.72. The fourth-order valence-electron chi connectivity index (χ4n) is 0.702. The highest BCUT2D eigenvalue weighted by atomic mass is 32.2. The Morgan fingerprint density at radius 2 is 2.25 bits per heavy atom. The summed E-state index contributed by atoms with van der Waals surface area (Å²) in [5, 5.41) is 0. The first-order valence-corrected chi connectivity index (χ1v) is 4.31. The Bertz CT molecular complexity index is 378. The average Bonchev–Trinajstić information content (AvgIpc) is 2.25. The summed E-state index contributed by atoms with van der Waals surface area (Å²) >= 11 is 0. The second kappa shape index (κ2) is 2.59. The van der Waals surface area contributed by atoms with E-state index >= 15 is 0 Å². The fourth-order valence-corrected chi connectivity index (χ4v) is 1.70. The van der Waals surface area contributed by atoms with Crippen LogP contribution in [0.5, 0.6) is 0 Å². The number of esters is 1. The van der Waals surface area contributed by atoms with Gasteiger partial charge in [0.25, 0.3) is 10.0 Å². The third-order valence-corrected chi connectivity index (χ3v) is 2.52. The topological polar surface area (TPSA) is 98.8 Å². The number of nitrogens with two attached hydrogens (primary N) is 1. The quantitative estimate of drug-likeness (QED) is 0.520. The number of allylic oxidation sites excluding steroid dienone is 1. The molecule has 66 valence electrons. The van der Waals surface area contributed by atoms with Crippen molar-refractivity contribution in [1.82, 2.24) is 0 Å². The Morgan fingerprint density at radius 3 is 2.58 bits per heavy atom. The minimum atomic E-state index is -3.90. The van der Waals surface area contributed by atoms with Gasteiger partial charge in [-0.3, -0.25) is 0 Å². The summed E-state index contributed by atoms with van der Waals surface area (Å²) < 4.78 is 29.1. The molecule has 0 aromatic carbocycles. The molecular weight excluding hydrogens is 184 g/mol. The number of ether oxygens (including phenoxy) is 1. The lowest BCUT2D eigenvalue weighted by Gasteiger charge is -1.98. The number of nitrogens with zero attached hydrogens (tertiary/aromatic N) is 1. The predicted molar refractivity (Wildman–Crippen MR) is 40.6 cm³/mol. The first-order valence-electron chi connectivity index (χ1n) is 2.87. The lowest BCUT2D eigenvalue weighted by Crippen LogP contribution is -2.15. The van der Waals surface area contributed by atoms with E-state index in [2.05, 4.69) is 9.13 Å². The number of sulfonamides is 1. The van der Waals surface area contributed by atoms with Crippen LogP contribution in [0.1, 0.15) is 0 Å². The molecule has 0 radical (unpaired) electrons. The molecule has 7 heteroatoms. The summed E-state index contributed by atoms with van der Waals surface area (Å²) in [7, 11) is -2.83. The van der Waals surface area contributed by atoms with Gasteiger partial charge in [0.2, 0.25) is 0 Å². The van der Waals surface area contributed by atoms with E-state index in [1.165, 1.54) is 0 Å². The maximum atomic E-state index is 10.9. The Hall–Kier alpha value is -1.37. The van der Waals surface area contributed by atoms with Crippen molar-refractivity contribution in [2.45, 2.75) is 0 Å². The third kappa shape index (κ3) is 1.18. The van der Waals surface area contributed by atoms with Gasteiger partial charge in [0, 0.05) is 0 Å². The standard InChI is InChI=1S/C5H6N2O4S/c1-11-5(8)4-3(6)2-7-12(4,9)10/h2H,6H2,1H3. The van der Waals surface area contributed by atoms with Gasteiger partial charge in [-0.1, -0.05) is 0 Å². The van der Waals surface area contributed by atoms with E-state index in [1.807, 2.05) is 0 Å². The zero-order valence-corrected chi connectivity index (χ0v) is 6.96. The maximum Gasteiger partial charge on any atom is 0.353 e. The first-order chi connectivity index (χ1) is 5.49. The molecule has 1 aliphatic heterocycles. The van der Waals surface area contributed by atoms with Gasteiger partial charge in [-0.2, -0.15) is 12.8 Å². The highest BCUT2D eigenvalue weighted by Gasteiger charge is 2.31. The van der Waals surface area contributed by atoms with Crippen LogP contribution in [0.4, 0.5) is 0 Å². The summed E-state index contributed by atoms with van der Waals surface area (Å²) in [6, 6.07) is 0. The molecule has 0 saturated heterocycles. The minimum Gasteiger partial charge on any atom is -0.465 e. The molecular formula is C5H6N2O4S. The summed E-state index contributed by atoms with van der Waals surface area (Å²) in [6.45, 7) is 0. The van der Waals surface area contributed by atoms with Crippen molar-refractivity contribution in [3.63, 3.8) is 0 Å². The maximum absolute atomic E-state index is 10.9. The van der Waals surface area contributed by atoms with Crippen molar-refractivity contribution in [2.24, 2.45) is 10.1 Å². The van der Waals surface area contributed by atoms with Crippen LogP contribution >= 0.6 is 0 Å². The molecule has 0 spiro atoms. The van der Waals surface area contributed by atoms with Crippen molar-refractivity contribution < 1.29 is 17.9 Å². The molecule has 2 N–H and O–H groups in total. The van der Waals surface area contributed by atoms with Crippen molar-refractivity contribution in [1.29, 1.82) is 0 Å². The molecule has 0 amide bonds. The van der Waals surface area contributed by atoms with Gasteiger partial charge in [-0.05, 0) is 0 Å². The van der Waals surface area contributed by atoms with Crippen LogP contribution in [0.25, 0.3) is 0 Å². The summed E-state index contributed by atoms with van der Waals surface area (Å²) in [6.07, 6.45) is 0.904. The molecule has 0 fully saturated rings. The molecule has 0 atom stereocenters. The van der Waals surface area contributed by atoms with E-state index < -0.39 is 20.9 Å². The zero-order chi connectivity index (χ0) is 9.35. The number of carbonyl (C=O) groups is 1. The molecule has 0 aliphatic carbocycles. The molecule has 0 aromatic rings. The van der Waals surface area contributed by atoms with Gasteiger partial charge in [0.1, 0.15) is 0 Å². The van der Waals surface area contributed by atoms with Gasteiger partial charge in [-0.25, -0.2) is 4.79 Å². The van der Waals surface area contributed by atoms with Gasteiger partial charge in [0.05, 0.1) is 19.0 Å². The van der Waals surface area contributed by atoms with Gasteiger partial charge < -0.3 is 10.5 Å². The van der Waals surface area contributed by atoms with Crippen LogP contribution in [-0.2, 0) is 19.6 Å². The Morgan fingerprint density at radius 1 is 1.67 bits per heavy atom. The van der Waals surface area contributed by atoms with Gasteiger partial charge in [-0.15, -0.1) is 0 Å². The lowest BCUT2D eigenvalue weighted by molar-refractivity contribution is -0.135. The predicted octanol–water partition coefficient (Wildman–Crippen LogP) is -1.26. The molecule has 1 heterocycles. The SMILES string of the molecule is COC(=O)C1=C(N)C=NS1(=O)=O. The second-order valence-corrected chi connectivity index (χ2v) is 3.55. The van der Waals surface area contributed by atoms with Crippen LogP contribution in [0.15, 0.2) is 15.0 Å². The van der Waals surface area contributed by atoms with Crippen LogP contribution in [0.2, 0.25) is 0 Å². The normalized spacial score (nSPS) is 19.8. The molecule has 1 aliphatic rings. The van der Waals surface area contributed by atoms with E-state index in [0.717, 1.165) is 13.3 Å². The van der Waals surface area contributed by atoms with Crippen molar-refractivity contribution in [3.05, 3.63) is 10.6 Å². The lowest BCUT2D eigenvalue weighted by atomic mass is 10.4. The fraction of sp³-hybridized carbons (Fsp3) is 0.200. The van der Waals surface area contributed by atoms with Crippen molar-refractivity contribution in [2.75, 3.05) is 7.11 Å². The van der Waals surface area contributed by atoms with E-state index in [4.69, 9.17) is 5.73 Å². The molecule has 0 unspecified atom stereocenters.